The van der Waals surface area contributed by atoms with Gasteiger partial charge in [-0.15, -0.1) is 0 Å². The number of rotatable bonds is 4. The maximum atomic E-state index is 12.3. The van der Waals surface area contributed by atoms with E-state index in [1.54, 1.807) is 0 Å². The Morgan fingerprint density at radius 3 is 2.83 bits per heavy atom. The first kappa shape index (κ1) is 15.9. The first-order valence-corrected chi connectivity index (χ1v) is 8.06. The van der Waals surface area contributed by atoms with Gasteiger partial charge in [0.15, 0.2) is 11.5 Å². The monoisotopic (exact) mass is 320 g/mol. The van der Waals surface area contributed by atoms with Gasteiger partial charge in [0, 0.05) is 6.61 Å². The zero-order chi connectivity index (χ0) is 16.4. The minimum absolute atomic E-state index is 0.00921. The minimum Gasteiger partial charge on any atom is -0.454 e. The summed E-state index contributed by atoms with van der Waals surface area (Å²) in [6, 6.07) is 5.51. The fourth-order valence-corrected chi connectivity index (χ4v) is 2.97. The van der Waals surface area contributed by atoms with Crippen LogP contribution in [-0.2, 0) is 10.3 Å². The maximum Gasteiger partial charge on any atom is 0.315 e. The minimum atomic E-state index is -0.526. The number of carbonyl (C=O) groups excluding carboxylic acids is 1. The van der Waals surface area contributed by atoms with E-state index in [1.165, 1.54) is 0 Å². The lowest BCUT2D eigenvalue weighted by Crippen LogP contribution is -2.51. The summed E-state index contributed by atoms with van der Waals surface area (Å²) in [5.41, 5.74) is 0.433. The van der Waals surface area contributed by atoms with Crippen molar-refractivity contribution in [3.63, 3.8) is 0 Å². The van der Waals surface area contributed by atoms with Gasteiger partial charge in [-0.1, -0.05) is 6.07 Å². The summed E-state index contributed by atoms with van der Waals surface area (Å²) in [7, 11) is 0. The van der Waals surface area contributed by atoms with Crippen molar-refractivity contribution in [2.75, 3.05) is 13.4 Å². The number of urea groups is 1. The lowest BCUT2D eigenvalue weighted by atomic mass is 9.94. The van der Waals surface area contributed by atoms with Crippen LogP contribution in [0.1, 0.15) is 39.2 Å². The summed E-state index contributed by atoms with van der Waals surface area (Å²) >= 11 is 0. The third kappa shape index (κ3) is 3.52. The summed E-state index contributed by atoms with van der Waals surface area (Å²) in [4.78, 5) is 12.3. The molecule has 2 heterocycles. The van der Waals surface area contributed by atoms with Crippen molar-refractivity contribution in [3.05, 3.63) is 23.8 Å². The number of hydrogen-bond acceptors (Lipinski definition) is 4. The van der Waals surface area contributed by atoms with E-state index in [0.29, 0.717) is 5.75 Å². The number of fused-ring (bicyclic) bond motifs is 1. The Morgan fingerprint density at radius 1 is 1.30 bits per heavy atom. The highest BCUT2D eigenvalue weighted by atomic mass is 16.7. The molecule has 126 valence electrons. The van der Waals surface area contributed by atoms with Gasteiger partial charge in [-0.25, -0.2) is 4.79 Å². The molecular weight excluding hydrogens is 296 g/mol. The Balaban J connectivity index is 1.62. The van der Waals surface area contributed by atoms with Crippen LogP contribution in [0.4, 0.5) is 4.79 Å². The SMILES string of the molecule is CC(NC(=O)NC(C)(C)c1ccc2c(c1)OCO2)C1CCCO1. The zero-order valence-corrected chi connectivity index (χ0v) is 13.8. The highest BCUT2D eigenvalue weighted by Crippen LogP contribution is 2.35. The second kappa shape index (κ2) is 6.28. The van der Waals surface area contributed by atoms with Crippen LogP contribution in [-0.4, -0.2) is 31.6 Å². The van der Waals surface area contributed by atoms with Crippen molar-refractivity contribution >= 4 is 6.03 Å². The molecule has 0 radical (unpaired) electrons. The molecule has 0 saturated carbocycles. The van der Waals surface area contributed by atoms with E-state index < -0.39 is 5.54 Å². The summed E-state index contributed by atoms with van der Waals surface area (Å²) < 4.78 is 16.3. The van der Waals surface area contributed by atoms with Crippen molar-refractivity contribution in [2.24, 2.45) is 0 Å². The van der Waals surface area contributed by atoms with E-state index in [4.69, 9.17) is 14.2 Å². The summed E-state index contributed by atoms with van der Waals surface area (Å²) in [6.45, 7) is 6.91. The van der Waals surface area contributed by atoms with Crippen molar-refractivity contribution in [1.82, 2.24) is 10.6 Å². The van der Waals surface area contributed by atoms with E-state index in [9.17, 15) is 4.79 Å². The normalized spacial score (nSPS) is 21.1. The molecule has 2 aliphatic heterocycles. The highest BCUT2D eigenvalue weighted by molar-refractivity contribution is 5.75. The van der Waals surface area contributed by atoms with Crippen molar-refractivity contribution in [3.8, 4) is 11.5 Å². The molecule has 1 fully saturated rings. The second-order valence-corrected chi connectivity index (χ2v) is 6.63. The van der Waals surface area contributed by atoms with Gasteiger partial charge in [-0.3, -0.25) is 0 Å². The van der Waals surface area contributed by atoms with Gasteiger partial charge in [0.2, 0.25) is 6.79 Å². The summed E-state index contributed by atoms with van der Waals surface area (Å²) in [5.74, 6) is 1.45. The standard InChI is InChI=1S/C17H24N2O4/c1-11(13-5-4-8-21-13)18-16(20)19-17(2,3)12-6-7-14-15(9-12)23-10-22-14/h6-7,9,11,13H,4-5,8,10H2,1-3H3,(H2,18,19,20). The molecule has 6 nitrogen and oxygen atoms in total. The van der Waals surface area contributed by atoms with Crippen LogP contribution in [0.5, 0.6) is 11.5 Å². The van der Waals surface area contributed by atoms with Gasteiger partial charge in [-0.2, -0.15) is 0 Å². The van der Waals surface area contributed by atoms with Gasteiger partial charge >= 0.3 is 6.03 Å². The molecule has 2 N–H and O–H groups in total. The second-order valence-electron chi connectivity index (χ2n) is 6.63. The Labute approximate surface area is 136 Å². The first-order valence-electron chi connectivity index (χ1n) is 8.06. The summed E-state index contributed by atoms with van der Waals surface area (Å²) in [5, 5.41) is 5.99. The Bertz CT molecular complexity index is 582. The molecule has 6 heteroatoms. The molecule has 1 saturated heterocycles. The van der Waals surface area contributed by atoms with Crippen LogP contribution in [0.2, 0.25) is 0 Å². The molecule has 2 amide bonds. The molecule has 23 heavy (non-hydrogen) atoms. The van der Waals surface area contributed by atoms with E-state index in [0.717, 1.165) is 30.8 Å². The largest absolute Gasteiger partial charge is 0.454 e. The average Bonchev–Trinajstić information content (AvgIpc) is 3.17. The van der Waals surface area contributed by atoms with Gasteiger partial charge < -0.3 is 24.8 Å². The van der Waals surface area contributed by atoms with Gasteiger partial charge in [0.05, 0.1) is 17.7 Å². The van der Waals surface area contributed by atoms with Crippen molar-refractivity contribution in [1.29, 1.82) is 0 Å². The Kier molecular flexibility index (Phi) is 4.35. The number of amides is 2. The van der Waals surface area contributed by atoms with Crippen LogP contribution >= 0.6 is 0 Å². The smallest absolute Gasteiger partial charge is 0.315 e. The molecule has 1 aromatic carbocycles. The third-order valence-corrected chi connectivity index (χ3v) is 4.40. The molecule has 0 aliphatic carbocycles. The molecule has 0 aromatic heterocycles. The van der Waals surface area contributed by atoms with Crippen LogP contribution in [0, 0.1) is 0 Å². The van der Waals surface area contributed by atoms with Gasteiger partial charge in [0.25, 0.3) is 0 Å². The van der Waals surface area contributed by atoms with E-state index in [-0.39, 0.29) is 25.0 Å². The number of hydrogen-bond donors (Lipinski definition) is 2. The lowest BCUT2D eigenvalue weighted by Gasteiger charge is -2.29. The number of ether oxygens (including phenoxy) is 3. The topological polar surface area (TPSA) is 68.8 Å². The van der Waals surface area contributed by atoms with Crippen LogP contribution < -0.4 is 20.1 Å². The predicted octanol–water partition coefficient (Wildman–Crippen LogP) is 2.52. The van der Waals surface area contributed by atoms with Crippen molar-refractivity contribution in [2.45, 2.75) is 51.3 Å². The van der Waals surface area contributed by atoms with E-state index >= 15 is 0 Å². The highest BCUT2D eigenvalue weighted by Gasteiger charge is 2.28. The van der Waals surface area contributed by atoms with E-state index in [2.05, 4.69) is 10.6 Å². The molecular formula is C17H24N2O4. The Hall–Kier alpha value is -1.95. The lowest BCUT2D eigenvalue weighted by molar-refractivity contribution is 0.0855. The molecule has 2 unspecified atom stereocenters. The predicted molar refractivity (Wildman–Crippen MR) is 85.7 cm³/mol. The molecule has 0 bridgehead atoms. The molecule has 2 aliphatic rings. The fraction of sp³-hybridized carbons (Fsp3) is 0.588. The van der Waals surface area contributed by atoms with Crippen LogP contribution in [0.3, 0.4) is 0 Å². The van der Waals surface area contributed by atoms with Gasteiger partial charge in [0.1, 0.15) is 0 Å². The number of nitrogens with one attached hydrogen (secondary N) is 2. The fourth-order valence-electron chi connectivity index (χ4n) is 2.97. The third-order valence-electron chi connectivity index (χ3n) is 4.40. The van der Waals surface area contributed by atoms with Crippen LogP contribution in [0.15, 0.2) is 18.2 Å². The van der Waals surface area contributed by atoms with Gasteiger partial charge in [-0.05, 0) is 51.3 Å². The quantitative estimate of drug-likeness (QED) is 0.894. The molecule has 2 atom stereocenters. The zero-order valence-electron chi connectivity index (χ0n) is 13.8. The number of benzene rings is 1. The Morgan fingerprint density at radius 2 is 2.09 bits per heavy atom. The average molecular weight is 320 g/mol. The van der Waals surface area contributed by atoms with E-state index in [1.807, 2.05) is 39.0 Å². The first-order chi connectivity index (χ1) is 11.0. The van der Waals surface area contributed by atoms with Crippen molar-refractivity contribution < 1.29 is 19.0 Å². The molecule has 1 aromatic rings. The summed E-state index contributed by atoms with van der Waals surface area (Å²) in [6.07, 6.45) is 2.16. The number of carbonyl (C=O) groups is 1. The van der Waals surface area contributed by atoms with Crippen LogP contribution in [0.25, 0.3) is 0 Å². The molecule has 3 rings (SSSR count). The molecule has 0 spiro atoms. The maximum absolute atomic E-state index is 12.3.